The number of methoxy groups -OCH3 is 5. The number of allylic oxidation sites excluding steroid dienone is 1. The lowest BCUT2D eigenvalue weighted by Crippen LogP contribution is -2.46. The summed E-state index contributed by atoms with van der Waals surface area (Å²) in [6, 6.07) is 23.1. The van der Waals surface area contributed by atoms with Crippen molar-refractivity contribution in [2.45, 2.75) is 19.3 Å². The predicted octanol–water partition coefficient (Wildman–Crippen LogP) is 8.15. The Kier molecular flexibility index (Phi) is 14.4. The molecule has 0 radical (unpaired) electrons. The number of thiazole rings is 1. The van der Waals surface area contributed by atoms with Gasteiger partial charge < -0.3 is 43.0 Å². The molecule has 56 heavy (non-hydrogen) atoms. The van der Waals surface area contributed by atoms with Gasteiger partial charge in [0.25, 0.3) is 0 Å². The van der Waals surface area contributed by atoms with E-state index >= 15 is 0 Å². The van der Waals surface area contributed by atoms with Crippen LogP contribution >= 0.6 is 11.3 Å². The Labute approximate surface area is 333 Å². The predicted molar refractivity (Wildman–Crippen MR) is 222 cm³/mol. The highest BCUT2D eigenvalue weighted by atomic mass is 32.1. The van der Waals surface area contributed by atoms with E-state index in [1.165, 1.54) is 32.1 Å². The molecule has 0 spiro atoms. The Hall–Kier alpha value is -5.30. The van der Waals surface area contributed by atoms with Crippen molar-refractivity contribution >= 4 is 33.4 Å². The van der Waals surface area contributed by atoms with Gasteiger partial charge in [-0.25, -0.2) is 4.98 Å². The minimum atomic E-state index is -0.197. The number of rotatable bonds is 20. The molecule has 6 rings (SSSR count). The molecule has 4 aromatic carbocycles. The maximum Gasteiger partial charge on any atom is 0.203 e. The topological polar surface area (TPSA) is 101 Å². The average molecular weight is 782 g/mol. The molecular formula is C44H51N3O8S. The average Bonchev–Trinajstić information content (AvgIpc) is 3.68. The summed E-state index contributed by atoms with van der Waals surface area (Å²) in [5.41, 5.74) is 3.28. The van der Waals surface area contributed by atoms with E-state index in [-0.39, 0.29) is 5.78 Å². The van der Waals surface area contributed by atoms with Gasteiger partial charge in [0, 0.05) is 43.9 Å². The minimum absolute atomic E-state index is 0.197. The van der Waals surface area contributed by atoms with E-state index in [1.54, 1.807) is 43.8 Å². The lowest BCUT2D eigenvalue weighted by molar-refractivity contribution is 0.104. The van der Waals surface area contributed by atoms with Gasteiger partial charge in [0.2, 0.25) is 5.75 Å². The Morgan fingerprint density at radius 3 is 1.98 bits per heavy atom. The number of aromatic nitrogens is 1. The highest BCUT2D eigenvalue weighted by Crippen LogP contribution is 2.39. The Morgan fingerprint density at radius 1 is 0.661 bits per heavy atom. The van der Waals surface area contributed by atoms with E-state index in [1.807, 2.05) is 48.5 Å². The zero-order chi connectivity index (χ0) is 39.3. The SMILES string of the molecule is COc1ccc(/C=C/C(=O)c2cc(OC)c(OC)c(OC)c2)cc1OCCCCN1CCN(CCCOc2ccc(-c3nc4ccccc4s3)cc2OC)CC1. The summed E-state index contributed by atoms with van der Waals surface area (Å²) in [6.45, 7) is 7.46. The number of hydrogen-bond acceptors (Lipinski definition) is 12. The molecule has 2 heterocycles. The number of ether oxygens (including phenoxy) is 7. The van der Waals surface area contributed by atoms with E-state index in [2.05, 4.69) is 21.9 Å². The normalized spacial score (nSPS) is 13.5. The fourth-order valence-corrected chi connectivity index (χ4v) is 7.61. The number of carbonyl (C=O) groups is 1. The standard InChI is InChI=1S/C44H51N3O8S/c1-49-36-17-14-31(13-16-35(48)33-29-40(51-3)43(53-5)41(30-33)52-4)27-39(36)55-25-9-8-19-46-21-23-47(24-22-46)20-10-26-54-37-18-15-32(28-38(37)50-2)44-45-34-11-6-7-12-42(34)56-44/h6-7,11-18,27-30H,8-10,19-26H2,1-5H3/b16-13+. The number of para-hydroxylation sites is 1. The van der Waals surface area contributed by atoms with Gasteiger partial charge in [-0.1, -0.05) is 24.3 Å². The second-order valence-corrected chi connectivity index (χ2v) is 14.3. The zero-order valence-corrected chi connectivity index (χ0v) is 33.7. The van der Waals surface area contributed by atoms with Crippen LogP contribution in [0, 0.1) is 0 Å². The molecule has 296 valence electrons. The number of ketones is 1. The van der Waals surface area contributed by atoms with Crippen LogP contribution in [0.2, 0.25) is 0 Å². The molecule has 1 saturated heterocycles. The van der Waals surface area contributed by atoms with Gasteiger partial charge in [0.1, 0.15) is 5.01 Å². The highest BCUT2D eigenvalue weighted by molar-refractivity contribution is 7.21. The van der Waals surface area contributed by atoms with Crippen LogP contribution in [0.15, 0.2) is 78.9 Å². The molecule has 5 aromatic rings. The number of unbranched alkanes of at least 4 members (excludes halogenated alkanes) is 1. The summed E-state index contributed by atoms with van der Waals surface area (Å²) in [4.78, 5) is 22.9. The van der Waals surface area contributed by atoms with Crippen molar-refractivity contribution < 1.29 is 38.0 Å². The Morgan fingerprint density at radius 2 is 1.30 bits per heavy atom. The van der Waals surface area contributed by atoms with Crippen molar-refractivity contribution in [1.29, 1.82) is 0 Å². The lowest BCUT2D eigenvalue weighted by Gasteiger charge is -2.34. The number of benzene rings is 4. The number of carbonyl (C=O) groups excluding carboxylic acids is 1. The lowest BCUT2D eigenvalue weighted by atomic mass is 10.1. The summed E-state index contributed by atoms with van der Waals surface area (Å²) in [5.74, 6) is 3.86. The minimum Gasteiger partial charge on any atom is -0.493 e. The first kappa shape index (κ1) is 40.4. The molecule has 0 saturated carbocycles. The molecular weight excluding hydrogens is 731 g/mol. The first-order valence-corrected chi connectivity index (χ1v) is 19.7. The Balaban J connectivity index is 0.885. The van der Waals surface area contributed by atoms with Crippen LogP contribution in [0.4, 0.5) is 0 Å². The van der Waals surface area contributed by atoms with Crippen LogP contribution in [0.5, 0.6) is 40.2 Å². The third-order valence-corrected chi connectivity index (χ3v) is 10.8. The van der Waals surface area contributed by atoms with E-state index in [4.69, 9.17) is 38.1 Å². The maximum absolute atomic E-state index is 13.0. The number of fused-ring (bicyclic) bond motifs is 1. The molecule has 0 unspecified atom stereocenters. The molecule has 11 nitrogen and oxygen atoms in total. The van der Waals surface area contributed by atoms with Crippen LogP contribution < -0.4 is 33.2 Å². The molecule has 12 heteroatoms. The summed E-state index contributed by atoms with van der Waals surface area (Å²) < 4.78 is 40.8. The molecule has 0 aliphatic carbocycles. The van der Waals surface area contributed by atoms with Crippen molar-refractivity contribution in [2.75, 3.05) is 88.0 Å². The first-order chi connectivity index (χ1) is 27.4. The van der Waals surface area contributed by atoms with Gasteiger partial charge in [0.05, 0.1) is 59.0 Å². The van der Waals surface area contributed by atoms with Crippen LogP contribution in [0.3, 0.4) is 0 Å². The fraction of sp³-hybridized carbons (Fsp3) is 0.364. The van der Waals surface area contributed by atoms with Crippen molar-refractivity contribution in [3.8, 4) is 50.8 Å². The van der Waals surface area contributed by atoms with E-state index in [0.717, 1.165) is 91.7 Å². The number of hydrogen-bond donors (Lipinski definition) is 0. The summed E-state index contributed by atoms with van der Waals surface area (Å²) >= 11 is 1.68. The third kappa shape index (κ3) is 10.3. The highest BCUT2D eigenvalue weighted by Gasteiger charge is 2.18. The van der Waals surface area contributed by atoms with Crippen molar-refractivity contribution in [3.63, 3.8) is 0 Å². The maximum atomic E-state index is 13.0. The molecule has 1 aliphatic rings. The number of piperazine rings is 1. The molecule has 0 amide bonds. The van der Waals surface area contributed by atoms with Gasteiger partial charge in [-0.15, -0.1) is 11.3 Å². The van der Waals surface area contributed by atoms with Crippen molar-refractivity contribution in [1.82, 2.24) is 14.8 Å². The second-order valence-electron chi connectivity index (χ2n) is 13.3. The number of nitrogens with zero attached hydrogens (tertiary/aromatic N) is 3. The smallest absolute Gasteiger partial charge is 0.203 e. The van der Waals surface area contributed by atoms with Crippen molar-refractivity contribution in [3.05, 3.63) is 90.0 Å². The summed E-state index contributed by atoms with van der Waals surface area (Å²) in [5, 5.41) is 0.974. The molecule has 1 aliphatic heterocycles. The third-order valence-electron chi connectivity index (χ3n) is 9.74. The first-order valence-electron chi connectivity index (χ1n) is 18.9. The quantitative estimate of drug-likeness (QED) is 0.0435. The molecule has 0 atom stereocenters. The largest absolute Gasteiger partial charge is 0.493 e. The van der Waals surface area contributed by atoms with Gasteiger partial charge in [-0.2, -0.15) is 0 Å². The van der Waals surface area contributed by atoms with Gasteiger partial charge in [0.15, 0.2) is 40.3 Å². The summed E-state index contributed by atoms with van der Waals surface area (Å²) in [6.07, 6.45) is 6.18. The summed E-state index contributed by atoms with van der Waals surface area (Å²) in [7, 11) is 7.87. The van der Waals surface area contributed by atoms with Gasteiger partial charge in [-0.05, 0) is 92.0 Å². The van der Waals surface area contributed by atoms with E-state index in [9.17, 15) is 4.79 Å². The zero-order valence-electron chi connectivity index (χ0n) is 32.9. The van der Waals surface area contributed by atoms with Gasteiger partial charge >= 0.3 is 0 Å². The van der Waals surface area contributed by atoms with E-state index in [0.29, 0.717) is 47.5 Å². The van der Waals surface area contributed by atoms with Crippen molar-refractivity contribution in [2.24, 2.45) is 0 Å². The molecule has 1 aromatic heterocycles. The molecule has 0 N–H and O–H groups in total. The molecule has 1 fully saturated rings. The fourth-order valence-electron chi connectivity index (χ4n) is 6.64. The Bertz CT molecular complexity index is 2030. The monoisotopic (exact) mass is 781 g/mol. The second kappa shape index (κ2) is 20.0. The van der Waals surface area contributed by atoms with E-state index < -0.39 is 0 Å². The van der Waals surface area contributed by atoms with Crippen LogP contribution in [0.1, 0.15) is 35.2 Å². The van der Waals surface area contributed by atoms with Crippen LogP contribution in [-0.2, 0) is 0 Å². The van der Waals surface area contributed by atoms with Crippen LogP contribution in [-0.4, -0.2) is 109 Å². The van der Waals surface area contributed by atoms with Gasteiger partial charge in [-0.3, -0.25) is 4.79 Å². The van der Waals surface area contributed by atoms with Crippen LogP contribution in [0.25, 0.3) is 26.9 Å². The molecule has 0 bridgehead atoms.